The van der Waals surface area contributed by atoms with Crippen LogP contribution in [0.2, 0.25) is 20.5 Å². The predicted octanol–water partition coefficient (Wildman–Crippen LogP) is 13.9. The van der Waals surface area contributed by atoms with Crippen LogP contribution >= 0.6 is 46.4 Å². The summed E-state index contributed by atoms with van der Waals surface area (Å²) in [5.74, 6) is 2.09. The lowest BCUT2D eigenvalue weighted by Crippen LogP contribution is -2.27. The number of ether oxygens (including phenoxy) is 9. The number of carbonyl (C=O) groups is 8. The normalized spacial score (nSPS) is 17.8. The number of Topliss-reactive ketones (excluding diaryl/α,β-unsaturated/α-hetero) is 5. The Morgan fingerprint density at radius 3 is 1.36 bits per heavy atom. The van der Waals surface area contributed by atoms with E-state index in [-0.39, 0.29) is 140 Å². The van der Waals surface area contributed by atoms with Gasteiger partial charge in [-0.25, -0.2) is 29.1 Å². The van der Waals surface area contributed by atoms with Gasteiger partial charge in [-0.2, -0.15) is 0 Å². The summed E-state index contributed by atoms with van der Waals surface area (Å²) in [7, 11) is 4.45. The van der Waals surface area contributed by atoms with Crippen LogP contribution in [0.1, 0.15) is 210 Å². The van der Waals surface area contributed by atoms with Crippen molar-refractivity contribution in [2.75, 3.05) is 80.5 Å². The number of fused-ring (bicyclic) bond motifs is 4. The molecule has 0 spiro atoms. The summed E-state index contributed by atoms with van der Waals surface area (Å²) >= 11 is 24.5. The Kier molecular flexibility index (Phi) is 28.1. The Morgan fingerprint density at radius 2 is 0.918 bits per heavy atom. The molecule has 4 unspecified atom stereocenters. The highest BCUT2D eigenvalue weighted by Gasteiger charge is 2.41. The van der Waals surface area contributed by atoms with Crippen LogP contribution in [0.25, 0.3) is 11.3 Å². The second-order valence-electron chi connectivity index (χ2n) is 32.9. The molecule has 11 heterocycles. The molecule has 7 aliphatic rings. The molecule has 4 amide bonds. The van der Waals surface area contributed by atoms with Gasteiger partial charge in [0.1, 0.15) is 40.5 Å². The van der Waals surface area contributed by atoms with E-state index in [1.54, 1.807) is 71.6 Å². The van der Waals surface area contributed by atoms with Crippen LogP contribution in [-0.2, 0) is 37.8 Å². The van der Waals surface area contributed by atoms with Crippen LogP contribution in [0.15, 0.2) is 97.1 Å². The van der Waals surface area contributed by atoms with Gasteiger partial charge in [-0.3, -0.25) is 33.6 Å². The Labute approximate surface area is 724 Å². The summed E-state index contributed by atoms with van der Waals surface area (Å²) in [4.78, 5) is 119. The lowest BCUT2D eigenvalue weighted by molar-refractivity contribution is -0.125. The monoisotopic (exact) mass is 1750 g/mol. The molecule has 15 rings (SSSR count). The topological polar surface area (TPSA) is 377 Å². The highest BCUT2D eigenvalue weighted by atomic mass is 35.5. The number of halogens is 5. The number of rotatable bonds is 27. The van der Waals surface area contributed by atoms with Crippen molar-refractivity contribution in [2.24, 2.45) is 5.73 Å². The van der Waals surface area contributed by atoms with Gasteiger partial charge in [0.15, 0.2) is 96.8 Å². The number of hydrogen-bond donors (Lipinski definition) is 6. The average Bonchev–Trinajstić information content (AvgIpc) is 1.74. The first-order chi connectivity index (χ1) is 57.9. The van der Waals surface area contributed by atoms with Crippen LogP contribution in [0.4, 0.5) is 9.18 Å². The third-order valence-corrected chi connectivity index (χ3v) is 23.0. The molecule has 0 radical (unpaired) electrons. The SMILES string of the molecule is CC1(C)COc2c1cc(C(O)CN)nc2Cl.COc1cc(C(=O)CCC(=O)c2cc3c(c(-c4ccc(F)c(Cl)c4)n2)OCC3(C)C)ccc1OC1CCNC1=O.COc1cc(C(=O)CCC(=O)c2cc3c(c(Cl)n2)OCC3(C)C)ccc1OC1CCNC1=O.COc1cc(C(=O)CCC(O)c2cc3c(c(Cl)n2)OCC3(C)C)ccc1CN1CCNC1=O. The molecule has 8 aromatic rings. The minimum absolute atomic E-state index is 0.00347. The minimum Gasteiger partial charge on any atom is -0.496 e. The van der Waals surface area contributed by atoms with Crippen LogP contribution in [0.5, 0.6) is 51.7 Å². The number of nitrogens with zero attached hydrogens (tertiary/aromatic N) is 5. The molecule has 3 fully saturated rings. The molecule has 0 saturated carbocycles. The van der Waals surface area contributed by atoms with Gasteiger partial charge in [0.25, 0.3) is 11.8 Å². The molecule has 33 heteroatoms. The van der Waals surface area contributed by atoms with Crippen LogP contribution in [0, 0.1) is 5.82 Å². The quantitative estimate of drug-likeness (QED) is 0.0206. The Morgan fingerprint density at radius 1 is 0.500 bits per heavy atom. The van der Waals surface area contributed by atoms with E-state index in [1.165, 1.54) is 39.5 Å². The molecule has 646 valence electrons. The van der Waals surface area contributed by atoms with Gasteiger partial charge < -0.3 is 79.4 Å². The first-order valence-corrected chi connectivity index (χ1v) is 41.2. The molecule has 4 atom stereocenters. The van der Waals surface area contributed by atoms with Gasteiger partial charge in [-0.1, -0.05) is 114 Å². The number of pyridine rings is 4. The molecule has 3 saturated heterocycles. The highest BCUT2D eigenvalue weighted by Crippen LogP contribution is 2.48. The third-order valence-electron chi connectivity index (χ3n) is 21.9. The highest BCUT2D eigenvalue weighted by molar-refractivity contribution is 6.32. The standard InChI is InChI=1S/C30H28ClFN2O6.C24H28ClN3O5.C24H25ClN2O6.C11H15ClN2O2/c1-30(2)15-39-28-18(30)14-21(34-27(28)17-4-6-20(32)19(31)12-17)23(36)8-7-22(35)16-5-9-24(26(13-16)38-3)40-25-10-11-33-29(25)37;1-24(2)13-33-21-16(24)11-17(27-22(21)25)19(30)7-6-18(29)14-4-5-15(20(10-14)32-3)12-28-9-8-26-23(28)31;1-24(2)12-32-21-14(24)11-15(27-22(21)25)17(29)6-5-16(28)13-4-7-18(20(10-13)31-3)33-19-8-9-26-23(19)30;1-11(2)5-16-9-6(11)3-7(8(15)4-13)14-10(9)12/h4-6,9,12-14,25H,7-8,10-11,15H2,1-3H3,(H,33,37);4-5,10-11,19,30H,6-9,12-13H2,1-3H3,(H,26,31);4,7,10-11,19H,5-6,8-9,12H2,1-3H3,(H,26,30);3,8,15H,4-5,13H2,1-2H3. The molecule has 7 aliphatic heterocycles. The molecule has 4 aromatic heterocycles. The van der Waals surface area contributed by atoms with E-state index in [1.807, 2.05) is 53.7 Å². The average molecular weight is 1760 g/mol. The Bertz CT molecular complexity index is 5420. The number of aliphatic hydroxyl groups excluding tert-OH is 2. The van der Waals surface area contributed by atoms with Crippen molar-refractivity contribution in [1.82, 2.24) is 40.8 Å². The van der Waals surface area contributed by atoms with Crippen molar-refractivity contribution in [3.63, 3.8) is 0 Å². The molecule has 4 aromatic carbocycles. The van der Waals surface area contributed by atoms with Gasteiger partial charge in [-0.15, -0.1) is 0 Å². The van der Waals surface area contributed by atoms with Gasteiger partial charge >= 0.3 is 6.03 Å². The second kappa shape index (κ2) is 37.9. The zero-order valence-electron chi connectivity index (χ0n) is 69.3. The van der Waals surface area contributed by atoms with Gasteiger partial charge in [0, 0.05) is 149 Å². The summed E-state index contributed by atoms with van der Waals surface area (Å²) in [5, 5.41) is 29.2. The maximum Gasteiger partial charge on any atom is 0.317 e. The number of aliphatic hydroxyl groups is 2. The molecule has 7 N–H and O–H groups in total. The van der Waals surface area contributed by atoms with Gasteiger partial charge in [-0.05, 0) is 91.3 Å². The number of methoxy groups -OCH3 is 3. The number of amides is 4. The molecule has 0 aliphatic carbocycles. The van der Waals surface area contributed by atoms with E-state index in [9.17, 15) is 53.0 Å². The zero-order chi connectivity index (χ0) is 88.0. The van der Waals surface area contributed by atoms with Crippen LogP contribution in [0.3, 0.4) is 0 Å². The number of hydrogen-bond acceptors (Lipinski definition) is 24. The summed E-state index contributed by atoms with van der Waals surface area (Å²) in [5.41, 5.74) is 12.3. The van der Waals surface area contributed by atoms with E-state index in [4.69, 9.17) is 94.8 Å². The van der Waals surface area contributed by atoms with E-state index in [0.717, 1.165) is 27.8 Å². The van der Waals surface area contributed by atoms with Crippen molar-refractivity contribution in [3.05, 3.63) is 191 Å². The number of ketones is 5. The van der Waals surface area contributed by atoms with E-state index >= 15 is 0 Å². The lowest BCUT2D eigenvalue weighted by Gasteiger charge is -2.18. The Balaban J connectivity index is 0.000000154. The Hall–Kier alpha value is -10.8. The number of nitrogens with one attached hydrogen (secondary N) is 3. The first kappa shape index (κ1) is 90.4. The van der Waals surface area contributed by atoms with Gasteiger partial charge in [0.05, 0.1) is 76.8 Å². The summed E-state index contributed by atoms with van der Waals surface area (Å²) in [6.45, 7) is 21.1. The van der Waals surface area contributed by atoms with E-state index in [0.29, 0.717) is 168 Å². The first-order valence-electron chi connectivity index (χ1n) is 39.7. The number of benzene rings is 4. The maximum atomic E-state index is 13.8. The number of carbonyl (C=O) groups excluding carboxylic acids is 8. The van der Waals surface area contributed by atoms with Crippen molar-refractivity contribution < 1.29 is 95.6 Å². The predicted molar refractivity (Wildman–Crippen MR) is 452 cm³/mol. The van der Waals surface area contributed by atoms with Crippen molar-refractivity contribution in [1.29, 1.82) is 0 Å². The number of nitrogens with two attached hydrogens (primary N) is 1. The fraction of sp³-hybridized carbons (Fsp3) is 0.416. The fourth-order valence-corrected chi connectivity index (χ4v) is 15.5. The fourth-order valence-electron chi connectivity index (χ4n) is 14.6. The summed E-state index contributed by atoms with van der Waals surface area (Å²) < 4.78 is 64.2. The van der Waals surface area contributed by atoms with E-state index in [2.05, 4.69) is 49.7 Å². The maximum absolute atomic E-state index is 13.8. The molecule has 122 heavy (non-hydrogen) atoms. The van der Waals surface area contributed by atoms with Crippen molar-refractivity contribution in [2.45, 2.75) is 159 Å². The summed E-state index contributed by atoms with van der Waals surface area (Å²) in [6.07, 6.45) is -1.58. The van der Waals surface area contributed by atoms with Crippen molar-refractivity contribution >= 4 is 93.2 Å². The van der Waals surface area contributed by atoms with E-state index < -0.39 is 30.2 Å². The smallest absolute Gasteiger partial charge is 0.317 e. The van der Waals surface area contributed by atoms with Crippen LogP contribution < -0.4 is 64.3 Å². The third kappa shape index (κ3) is 20.4. The summed E-state index contributed by atoms with van der Waals surface area (Å²) in [6, 6.07) is 25.9. The van der Waals surface area contributed by atoms with Crippen LogP contribution in [-0.4, -0.2) is 174 Å². The zero-order valence-corrected chi connectivity index (χ0v) is 72.3. The second-order valence-corrected chi connectivity index (χ2v) is 34.3. The number of aromatic nitrogens is 4. The van der Waals surface area contributed by atoms with Gasteiger partial charge in [0.2, 0.25) is 0 Å². The minimum atomic E-state index is -0.928. The van der Waals surface area contributed by atoms with Crippen molar-refractivity contribution in [3.8, 4) is 63.0 Å². The molecular weight excluding hydrogens is 1660 g/mol. The molecule has 0 bridgehead atoms. The lowest BCUT2D eigenvalue weighted by atomic mass is 9.85. The molecular formula is C89H96Cl4FN9O19. The number of urea groups is 1. The largest absolute Gasteiger partial charge is 0.496 e. The molecule has 28 nitrogen and oxygen atoms in total.